The van der Waals surface area contributed by atoms with E-state index in [-0.39, 0.29) is 5.92 Å². The lowest BCUT2D eigenvalue weighted by Gasteiger charge is -2.23. The summed E-state index contributed by atoms with van der Waals surface area (Å²) >= 11 is 9.47. The van der Waals surface area contributed by atoms with E-state index in [9.17, 15) is 5.11 Å². The summed E-state index contributed by atoms with van der Waals surface area (Å²) in [5.74, 6) is -0.178. The first-order valence-electron chi connectivity index (χ1n) is 6.42. The first-order valence-corrected chi connectivity index (χ1v) is 7.59. The molecule has 2 nitrogen and oxygen atoms in total. The van der Waals surface area contributed by atoms with Gasteiger partial charge in [-0.3, -0.25) is 0 Å². The average molecular weight is 355 g/mol. The van der Waals surface area contributed by atoms with Gasteiger partial charge < -0.3 is 10.8 Å². The van der Waals surface area contributed by atoms with Crippen LogP contribution in [-0.2, 0) is 0 Å². The van der Waals surface area contributed by atoms with Crippen LogP contribution in [0.2, 0.25) is 5.02 Å². The highest BCUT2D eigenvalue weighted by molar-refractivity contribution is 9.10. The summed E-state index contributed by atoms with van der Waals surface area (Å²) in [7, 11) is 0. The van der Waals surface area contributed by atoms with Gasteiger partial charge in [0.25, 0.3) is 0 Å². The topological polar surface area (TPSA) is 46.2 Å². The van der Waals surface area contributed by atoms with Crippen molar-refractivity contribution in [3.63, 3.8) is 0 Å². The van der Waals surface area contributed by atoms with Crippen molar-refractivity contribution in [1.29, 1.82) is 0 Å². The molecule has 0 heterocycles. The lowest BCUT2D eigenvalue weighted by Crippen LogP contribution is -2.20. The van der Waals surface area contributed by atoms with Crippen LogP contribution in [0, 0.1) is 6.92 Å². The van der Waals surface area contributed by atoms with Crippen LogP contribution in [0.15, 0.2) is 46.9 Å². The molecule has 2 rings (SSSR count). The molecule has 0 aliphatic carbocycles. The SMILES string of the molecule is Cc1cc(Br)cc(C(O)C(CN)c2cccc(Cl)c2)c1. The fraction of sp³-hybridized carbons (Fsp3) is 0.250. The Bertz CT molecular complexity index is 583. The number of aliphatic hydroxyl groups excluding tert-OH is 1. The van der Waals surface area contributed by atoms with Crippen molar-refractivity contribution in [3.05, 3.63) is 68.7 Å². The Morgan fingerprint density at radius 1 is 1.20 bits per heavy atom. The molecule has 0 aliphatic heterocycles. The molecule has 106 valence electrons. The van der Waals surface area contributed by atoms with Gasteiger partial charge in [0.2, 0.25) is 0 Å². The van der Waals surface area contributed by atoms with Crippen molar-refractivity contribution in [2.24, 2.45) is 5.73 Å². The molecular formula is C16H17BrClNO. The molecule has 20 heavy (non-hydrogen) atoms. The van der Waals surface area contributed by atoms with Gasteiger partial charge >= 0.3 is 0 Å². The van der Waals surface area contributed by atoms with Crippen molar-refractivity contribution in [1.82, 2.24) is 0 Å². The van der Waals surface area contributed by atoms with E-state index in [1.165, 1.54) is 0 Å². The van der Waals surface area contributed by atoms with Crippen LogP contribution >= 0.6 is 27.5 Å². The molecule has 2 aromatic rings. The van der Waals surface area contributed by atoms with E-state index in [1.54, 1.807) is 0 Å². The molecule has 0 radical (unpaired) electrons. The molecule has 2 unspecified atom stereocenters. The normalized spacial score (nSPS) is 14.1. The molecule has 3 N–H and O–H groups in total. The third kappa shape index (κ3) is 3.61. The smallest absolute Gasteiger partial charge is 0.0871 e. The number of aliphatic hydroxyl groups is 1. The zero-order chi connectivity index (χ0) is 14.7. The summed E-state index contributed by atoms with van der Waals surface area (Å²) in [5.41, 5.74) is 8.75. The minimum absolute atomic E-state index is 0.178. The molecule has 2 aromatic carbocycles. The molecule has 0 bridgehead atoms. The van der Waals surface area contributed by atoms with E-state index in [0.717, 1.165) is 21.2 Å². The zero-order valence-corrected chi connectivity index (χ0v) is 13.5. The van der Waals surface area contributed by atoms with Gasteiger partial charge in [-0.25, -0.2) is 0 Å². The number of nitrogens with two attached hydrogens (primary N) is 1. The number of rotatable bonds is 4. The molecule has 4 heteroatoms. The summed E-state index contributed by atoms with van der Waals surface area (Å²) < 4.78 is 0.952. The minimum Gasteiger partial charge on any atom is -0.388 e. The maximum Gasteiger partial charge on any atom is 0.0871 e. The van der Waals surface area contributed by atoms with Gasteiger partial charge in [-0.1, -0.05) is 45.7 Å². The average Bonchev–Trinajstić information content (AvgIpc) is 2.38. The van der Waals surface area contributed by atoms with E-state index in [1.807, 2.05) is 49.4 Å². The summed E-state index contributed by atoms with van der Waals surface area (Å²) in [4.78, 5) is 0. The molecule has 0 aromatic heterocycles. The Kier molecular flexibility index (Phi) is 5.22. The van der Waals surface area contributed by atoms with Crippen LogP contribution in [0.25, 0.3) is 0 Å². The van der Waals surface area contributed by atoms with Crippen molar-refractivity contribution in [3.8, 4) is 0 Å². The first-order chi connectivity index (χ1) is 9.51. The van der Waals surface area contributed by atoms with Crippen LogP contribution in [0.4, 0.5) is 0 Å². The fourth-order valence-corrected chi connectivity index (χ4v) is 3.18. The van der Waals surface area contributed by atoms with E-state index in [0.29, 0.717) is 11.6 Å². The molecule has 2 atom stereocenters. The van der Waals surface area contributed by atoms with E-state index in [2.05, 4.69) is 15.9 Å². The van der Waals surface area contributed by atoms with E-state index in [4.69, 9.17) is 17.3 Å². The lowest BCUT2D eigenvalue weighted by molar-refractivity contribution is 0.147. The predicted molar refractivity (Wildman–Crippen MR) is 87.1 cm³/mol. The predicted octanol–water partition coefficient (Wildman–Crippen LogP) is 4.19. The van der Waals surface area contributed by atoms with Gasteiger partial charge in [-0.05, 0) is 47.9 Å². The van der Waals surface area contributed by atoms with Crippen molar-refractivity contribution in [2.45, 2.75) is 18.9 Å². The second kappa shape index (κ2) is 6.72. The number of hydrogen-bond donors (Lipinski definition) is 2. The first kappa shape index (κ1) is 15.5. The van der Waals surface area contributed by atoms with Crippen LogP contribution in [0.1, 0.15) is 28.7 Å². The monoisotopic (exact) mass is 353 g/mol. The minimum atomic E-state index is -0.658. The van der Waals surface area contributed by atoms with Gasteiger partial charge in [0.1, 0.15) is 0 Å². The van der Waals surface area contributed by atoms with Gasteiger partial charge in [-0.15, -0.1) is 0 Å². The maximum absolute atomic E-state index is 10.6. The highest BCUT2D eigenvalue weighted by Crippen LogP contribution is 2.33. The molecule has 0 fully saturated rings. The Morgan fingerprint density at radius 3 is 2.55 bits per heavy atom. The van der Waals surface area contributed by atoms with Crippen LogP contribution < -0.4 is 5.73 Å². The second-order valence-electron chi connectivity index (χ2n) is 4.90. The summed E-state index contributed by atoms with van der Waals surface area (Å²) in [5, 5.41) is 11.3. The number of benzene rings is 2. The zero-order valence-electron chi connectivity index (χ0n) is 11.2. The number of halogens is 2. The van der Waals surface area contributed by atoms with Gasteiger partial charge in [0.05, 0.1) is 6.10 Å². The highest BCUT2D eigenvalue weighted by Gasteiger charge is 2.22. The number of aryl methyl sites for hydroxylation is 1. The summed E-state index contributed by atoms with van der Waals surface area (Å²) in [6, 6.07) is 13.4. The Morgan fingerprint density at radius 2 is 1.95 bits per heavy atom. The van der Waals surface area contributed by atoms with Gasteiger partial charge in [0, 0.05) is 22.0 Å². The van der Waals surface area contributed by atoms with Crippen molar-refractivity contribution >= 4 is 27.5 Å². The highest BCUT2D eigenvalue weighted by atomic mass is 79.9. The Balaban J connectivity index is 2.35. The summed E-state index contributed by atoms with van der Waals surface area (Å²) in [6.07, 6.45) is -0.658. The van der Waals surface area contributed by atoms with Crippen molar-refractivity contribution < 1.29 is 5.11 Å². The van der Waals surface area contributed by atoms with Gasteiger partial charge in [-0.2, -0.15) is 0 Å². The molecule has 0 saturated heterocycles. The maximum atomic E-state index is 10.6. The third-order valence-corrected chi connectivity index (χ3v) is 4.01. The fourth-order valence-electron chi connectivity index (χ4n) is 2.35. The molecule has 0 aliphatic rings. The molecule has 0 amide bonds. The Labute approximate surface area is 132 Å². The van der Waals surface area contributed by atoms with Crippen LogP contribution in [0.3, 0.4) is 0 Å². The van der Waals surface area contributed by atoms with E-state index >= 15 is 0 Å². The Hall–Kier alpha value is -0.870. The standard InChI is InChI=1S/C16H17BrClNO/c1-10-5-12(7-13(17)6-10)16(20)15(9-19)11-3-2-4-14(18)8-11/h2-8,15-16,20H,9,19H2,1H3. The molecule has 0 spiro atoms. The second-order valence-corrected chi connectivity index (χ2v) is 6.26. The van der Waals surface area contributed by atoms with Crippen LogP contribution in [0.5, 0.6) is 0 Å². The lowest BCUT2D eigenvalue weighted by atomic mass is 9.89. The van der Waals surface area contributed by atoms with Crippen molar-refractivity contribution in [2.75, 3.05) is 6.54 Å². The molecule has 0 saturated carbocycles. The number of hydrogen-bond acceptors (Lipinski definition) is 2. The third-order valence-electron chi connectivity index (χ3n) is 3.32. The quantitative estimate of drug-likeness (QED) is 0.865. The van der Waals surface area contributed by atoms with E-state index < -0.39 is 6.10 Å². The molecular weight excluding hydrogens is 338 g/mol. The largest absolute Gasteiger partial charge is 0.388 e. The summed E-state index contributed by atoms with van der Waals surface area (Å²) in [6.45, 7) is 2.35. The van der Waals surface area contributed by atoms with Crippen LogP contribution in [-0.4, -0.2) is 11.7 Å². The van der Waals surface area contributed by atoms with Gasteiger partial charge in [0.15, 0.2) is 0 Å².